The molecule has 2 rings (SSSR count). The van der Waals surface area contributed by atoms with E-state index in [0.717, 1.165) is 18.9 Å². The topological polar surface area (TPSA) is 35.4 Å². The molecule has 1 aliphatic carbocycles. The Morgan fingerprint density at radius 3 is 2.52 bits per heavy atom. The molecule has 3 nitrogen and oxygen atoms in total. The minimum absolute atomic E-state index is 0.0184. The Labute approximate surface area is 135 Å². The zero-order chi connectivity index (χ0) is 17.3. The van der Waals surface area contributed by atoms with Crippen LogP contribution in [0.15, 0.2) is 29.3 Å². The van der Waals surface area contributed by atoms with Crippen molar-refractivity contribution in [3.8, 4) is 0 Å². The second kappa shape index (κ2) is 6.61. The standard InChI is InChI=1S/C17H23F3N2O/c1-21-11-14-8-7-13(10-16(14)22(2,3)23)12-5-4-6-15(9-12)17(18,19)20/h4-6,9,11,13-14,16H,7-8,10H2,1-3H3/t13-,14?,16-/m0/s1. The van der Waals surface area contributed by atoms with Crippen LogP contribution in [-0.4, -0.2) is 38.0 Å². The van der Waals surface area contributed by atoms with Gasteiger partial charge in [-0.1, -0.05) is 18.2 Å². The minimum atomic E-state index is -4.34. The van der Waals surface area contributed by atoms with Gasteiger partial charge in [-0.2, -0.15) is 13.2 Å². The first kappa shape index (κ1) is 17.9. The summed E-state index contributed by atoms with van der Waals surface area (Å²) in [4.78, 5) is 4.04. The van der Waals surface area contributed by atoms with E-state index in [-0.39, 0.29) is 17.9 Å². The number of nitrogens with zero attached hydrogens (tertiary/aromatic N) is 2. The molecule has 23 heavy (non-hydrogen) atoms. The molecular formula is C17H23F3N2O. The third kappa shape index (κ3) is 4.32. The zero-order valence-electron chi connectivity index (χ0n) is 13.7. The van der Waals surface area contributed by atoms with Gasteiger partial charge in [0.05, 0.1) is 25.7 Å². The zero-order valence-corrected chi connectivity index (χ0v) is 13.7. The molecule has 1 saturated carbocycles. The third-order valence-corrected chi connectivity index (χ3v) is 4.69. The van der Waals surface area contributed by atoms with Crippen molar-refractivity contribution < 1.29 is 17.8 Å². The molecule has 0 bridgehead atoms. The molecule has 0 spiro atoms. The van der Waals surface area contributed by atoms with Gasteiger partial charge in [0.1, 0.15) is 0 Å². The lowest BCUT2D eigenvalue weighted by atomic mass is 9.75. The van der Waals surface area contributed by atoms with Crippen LogP contribution in [0.4, 0.5) is 13.2 Å². The molecule has 0 amide bonds. The van der Waals surface area contributed by atoms with Gasteiger partial charge in [0.15, 0.2) is 0 Å². The molecule has 1 fully saturated rings. The molecule has 1 unspecified atom stereocenters. The van der Waals surface area contributed by atoms with Gasteiger partial charge in [0, 0.05) is 25.6 Å². The minimum Gasteiger partial charge on any atom is -0.633 e. The molecule has 1 aromatic carbocycles. The maximum atomic E-state index is 12.9. The number of quaternary nitrogens is 1. The smallest absolute Gasteiger partial charge is 0.416 e. The molecule has 0 saturated heterocycles. The summed E-state index contributed by atoms with van der Waals surface area (Å²) in [5, 5.41) is 12.4. The average molecular weight is 328 g/mol. The van der Waals surface area contributed by atoms with Crippen LogP contribution in [0.1, 0.15) is 36.3 Å². The highest BCUT2D eigenvalue weighted by Crippen LogP contribution is 2.40. The van der Waals surface area contributed by atoms with Crippen molar-refractivity contribution in [2.75, 3.05) is 21.1 Å². The highest BCUT2D eigenvalue weighted by molar-refractivity contribution is 5.61. The number of alkyl halides is 3. The number of hydroxylamine groups is 3. The average Bonchev–Trinajstić information content (AvgIpc) is 2.46. The molecular weight excluding hydrogens is 305 g/mol. The van der Waals surface area contributed by atoms with Crippen LogP contribution < -0.4 is 0 Å². The van der Waals surface area contributed by atoms with Crippen molar-refractivity contribution in [2.45, 2.75) is 37.4 Å². The van der Waals surface area contributed by atoms with E-state index in [9.17, 15) is 18.4 Å². The van der Waals surface area contributed by atoms with Gasteiger partial charge in [0.25, 0.3) is 0 Å². The summed E-state index contributed by atoms with van der Waals surface area (Å²) in [7, 11) is 4.87. The molecule has 0 N–H and O–H groups in total. The Kier molecular flexibility index (Phi) is 5.16. The molecule has 0 aromatic heterocycles. The van der Waals surface area contributed by atoms with Gasteiger partial charge in [0.2, 0.25) is 0 Å². The van der Waals surface area contributed by atoms with Gasteiger partial charge >= 0.3 is 6.18 Å². The SMILES string of the molecule is CN=CC1CC[C@H](c2cccc(C(F)(F)F)c2)C[C@@H]1[N+](C)(C)[O-]. The first-order valence-electron chi connectivity index (χ1n) is 7.77. The number of hydrogen-bond donors (Lipinski definition) is 0. The van der Waals surface area contributed by atoms with Gasteiger partial charge in [-0.05, 0) is 30.4 Å². The maximum absolute atomic E-state index is 12.9. The second-order valence-corrected chi connectivity index (χ2v) is 6.71. The molecule has 128 valence electrons. The first-order valence-corrected chi connectivity index (χ1v) is 7.77. The van der Waals surface area contributed by atoms with Gasteiger partial charge < -0.3 is 14.8 Å². The maximum Gasteiger partial charge on any atom is 0.416 e. The fourth-order valence-corrected chi connectivity index (χ4v) is 3.52. The van der Waals surface area contributed by atoms with Crippen molar-refractivity contribution in [1.29, 1.82) is 0 Å². The van der Waals surface area contributed by atoms with Gasteiger partial charge in [-0.25, -0.2) is 0 Å². The number of rotatable bonds is 3. The van der Waals surface area contributed by atoms with Gasteiger partial charge in [-0.3, -0.25) is 0 Å². The Bertz CT molecular complexity index is 564. The van der Waals surface area contributed by atoms with E-state index >= 15 is 0 Å². The van der Waals surface area contributed by atoms with E-state index in [2.05, 4.69) is 4.99 Å². The lowest BCUT2D eigenvalue weighted by molar-refractivity contribution is -0.871. The quantitative estimate of drug-likeness (QED) is 0.464. The Morgan fingerprint density at radius 1 is 1.26 bits per heavy atom. The summed E-state index contributed by atoms with van der Waals surface area (Å²) in [6.45, 7) is 0. The van der Waals surface area contributed by atoms with Crippen LogP contribution in [0, 0.1) is 11.1 Å². The molecule has 0 radical (unpaired) electrons. The number of halogens is 3. The summed E-state index contributed by atoms with van der Waals surface area (Å²) in [5.41, 5.74) is 0.0461. The van der Waals surface area contributed by atoms with Gasteiger partial charge in [-0.15, -0.1) is 0 Å². The fourth-order valence-electron chi connectivity index (χ4n) is 3.52. The summed E-state index contributed by atoms with van der Waals surface area (Å²) in [6, 6.07) is 5.30. The summed E-state index contributed by atoms with van der Waals surface area (Å²) in [5.74, 6) is 0.0599. The number of aliphatic imine (C=N–C) groups is 1. The second-order valence-electron chi connectivity index (χ2n) is 6.71. The number of benzene rings is 1. The lowest BCUT2D eigenvalue weighted by Gasteiger charge is -2.48. The highest BCUT2D eigenvalue weighted by atomic mass is 19.4. The largest absolute Gasteiger partial charge is 0.633 e. The van der Waals surface area contributed by atoms with E-state index in [1.165, 1.54) is 12.1 Å². The van der Waals surface area contributed by atoms with E-state index in [1.807, 2.05) is 6.21 Å². The van der Waals surface area contributed by atoms with E-state index in [0.29, 0.717) is 12.0 Å². The van der Waals surface area contributed by atoms with Crippen LogP contribution in [0.25, 0.3) is 0 Å². The number of hydrogen-bond acceptors (Lipinski definition) is 2. The molecule has 0 heterocycles. The predicted molar refractivity (Wildman–Crippen MR) is 85.2 cm³/mol. The highest BCUT2D eigenvalue weighted by Gasteiger charge is 2.38. The van der Waals surface area contributed by atoms with Crippen molar-refractivity contribution in [2.24, 2.45) is 10.9 Å². The van der Waals surface area contributed by atoms with Crippen molar-refractivity contribution in [3.05, 3.63) is 40.6 Å². The summed E-state index contributed by atoms with van der Waals surface area (Å²) < 4.78 is 38.2. The molecule has 3 atom stereocenters. The summed E-state index contributed by atoms with van der Waals surface area (Å²) >= 11 is 0. The van der Waals surface area contributed by atoms with Crippen molar-refractivity contribution in [1.82, 2.24) is 0 Å². The first-order chi connectivity index (χ1) is 10.6. The third-order valence-electron chi connectivity index (χ3n) is 4.69. The van der Waals surface area contributed by atoms with Crippen LogP contribution in [0.5, 0.6) is 0 Å². The molecule has 1 aromatic rings. The van der Waals surface area contributed by atoms with Crippen LogP contribution >= 0.6 is 0 Å². The van der Waals surface area contributed by atoms with E-state index < -0.39 is 16.4 Å². The molecule has 1 aliphatic rings. The van der Waals surface area contributed by atoms with Crippen LogP contribution in [0.2, 0.25) is 0 Å². The van der Waals surface area contributed by atoms with Crippen molar-refractivity contribution >= 4 is 6.21 Å². The fraction of sp³-hybridized carbons (Fsp3) is 0.588. The van der Waals surface area contributed by atoms with Crippen molar-refractivity contribution in [3.63, 3.8) is 0 Å². The molecule has 6 heteroatoms. The summed E-state index contributed by atoms with van der Waals surface area (Å²) in [6.07, 6.45) is -0.407. The van der Waals surface area contributed by atoms with E-state index in [4.69, 9.17) is 0 Å². The Balaban J connectivity index is 2.25. The van der Waals surface area contributed by atoms with Crippen LogP contribution in [-0.2, 0) is 6.18 Å². The normalized spacial score (nSPS) is 26.7. The lowest BCUT2D eigenvalue weighted by Crippen LogP contribution is -2.50. The van der Waals surface area contributed by atoms with Crippen LogP contribution in [0.3, 0.4) is 0 Å². The Morgan fingerprint density at radius 2 is 1.96 bits per heavy atom. The van der Waals surface area contributed by atoms with E-state index in [1.54, 1.807) is 27.2 Å². The molecule has 0 aliphatic heterocycles. The monoisotopic (exact) mass is 328 g/mol. The Hall–Kier alpha value is -1.40. The predicted octanol–water partition coefficient (Wildman–Crippen LogP) is 4.23.